The van der Waals surface area contributed by atoms with Crippen LogP contribution in [0.5, 0.6) is 5.75 Å². The SMILES string of the molecule is CCOc1ccc(CN2CCC(Nc3cccc(Cl)c3C)CC2)cc1. The van der Waals surface area contributed by atoms with E-state index in [0.29, 0.717) is 12.6 Å². The van der Waals surface area contributed by atoms with Crippen LogP contribution < -0.4 is 10.1 Å². The van der Waals surface area contributed by atoms with Gasteiger partial charge in [0.2, 0.25) is 0 Å². The second kappa shape index (κ2) is 8.59. The molecule has 0 bridgehead atoms. The maximum absolute atomic E-state index is 6.22. The topological polar surface area (TPSA) is 24.5 Å². The van der Waals surface area contributed by atoms with Gasteiger partial charge in [-0.1, -0.05) is 29.8 Å². The standard InChI is InChI=1S/C21H27ClN2O/c1-3-25-19-9-7-17(8-10-19)15-24-13-11-18(12-14-24)23-21-6-4-5-20(22)16(21)2/h4-10,18,23H,3,11-15H2,1-2H3. The first-order valence-corrected chi connectivity index (χ1v) is 9.49. The first kappa shape index (κ1) is 18.1. The third-order valence-electron chi connectivity index (χ3n) is 4.86. The van der Waals surface area contributed by atoms with Gasteiger partial charge in [-0.15, -0.1) is 0 Å². The van der Waals surface area contributed by atoms with Gasteiger partial charge in [0, 0.05) is 36.4 Å². The van der Waals surface area contributed by atoms with Crippen LogP contribution in [0.2, 0.25) is 5.02 Å². The van der Waals surface area contributed by atoms with Gasteiger partial charge in [0.25, 0.3) is 0 Å². The molecule has 2 aromatic carbocycles. The second-order valence-corrected chi connectivity index (χ2v) is 7.09. The molecule has 0 amide bonds. The van der Waals surface area contributed by atoms with Crippen LogP contribution in [0.1, 0.15) is 30.9 Å². The molecule has 1 fully saturated rings. The smallest absolute Gasteiger partial charge is 0.119 e. The van der Waals surface area contributed by atoms with E-state index in [1.165, 1.54) is 5.56 Å². The van der Waals surface area contributed by atoms with Gasteiger partial charge < -0.3 is 10.1 Å². The van der Waals surface area contributed by atoms with Crippen molar-refractivity contribution in [2.75, 3.05) is 25.0 Å². The molecule has 0 spiro atoms. The zero-order chi connectivity index (χ0) is 17.6. The summed E-state index contributed by atoms with van der Waals surface area (Å²) >= 11 is 6.22. The van der Waals surface area contributed by atoms with Crippen molar-refractivity contribution in [2.24, 2.45) is 0 Å². The summed E-state index contributed by atoms with van der Waals surface area (Å²) < 4.78 is 5.51. The van der Waals surface area contributed by atoms with E-state index < -0.39 is 0 Å². The molecule has 0 unspecified atom stereocenters. The maximum Gasteiger partial charge on any atom is 0.119 e. The van der Waals surface area contributed by atoms with Gasteiger partial charge in [-0.05, 0) is 62.1 Å². The summed E-state index contributed by atoms with van der Waals surface area (Å²) in [6, 6.07) is 15.1. The van der Waals surface area contributed by atoms with Gasteiger partial charge in [-0.2, -0.15) is 0 Å². The molecule has 0 atom stereocenters. The fourth-order valence-electron chi connectivity index (χ4n) is 3.34. The minimum Gasteiger partial charge on any atom is -0.494 e. The molecule has 0 saturated carbocycles. The predicted molar refractivity (Wildman–Crippen MR) is 106 cm³/mol. The summed E-state index contributed by atoms with van der Waals surface area (Å²) in [6.07, 6.45) is 2.31. The summed E-state index contributed by atoms with van der Waals surface area (Å²) in [4.78, 5) is 2.53. The quantitative estimate of drug-likeness (QED) is 0.775. The van der Waals surface area contributed by atoms with E-state index in [1.54, 1.807) is 0 Å². The largest absolute Gasteiger partial charge is 0.494 e. The lowest BCUT2D eigenvalue weighted by Crippen LogP contribution is -2.38. The Kier molecular flexibility index (Phi) is 6.22. The monoisotopic (exact) mass is 358 g/mol. The second-order valence-electron chi connectivity index (χ2n) is 6.68. The molecule has 0 aliphatic carbocycles. The Bertz CT molecular complexity index is 679. The fourth-order valence-corrected chi connectivity index (χ4v) is 3.51. The lowest BCUT2D eigenvalue weighted by molar-refractivity contribution is 0.211. The zero-order valence-corrected chi connectivity index (χ0v) is 15.9. The molecule has 2 aromatic rings. The van der Waals surface area contributed by atoms with E-state index in [-0.39, 0.29) is 0 Å². The highest BCUT2D eigenvalue weighted by atomic mass is 35.5. The Balaban J connectivity index is 1.49. The molecule has 1 saturated heterocycles. The molecule has 1 aliphatic heterocycles. The van der Waals surface area contributed by atoms with Gasteiger partial charge in [0.15, 0.2) is 0 Å². The molecule has 1 aliphatic rings. The number of hydrogen-bond acceptors (Lipinski definition) is 3. The molecule has 25 heavy (non-hydrogen) atoms. The van der Waals surface area contributed by atoms with Crippen LogP contribution in [0.25, 0.3) is 0 Å². The fraction of sp³-hybridized carbons (Fsp3) is 0.429. The number of hydrogen-bond donors (Lipinski definition) is 1. The number of ether oxygens (including phenoxy) is 1. The third-order valence-corrected chi connectivity index (χ3v) is 5.26. The number of benzene rings is 2. The molecule has 0 radical (unpaired) electrons. The molecule has 4 heteroatoms. The number of nitrogens with one attached hydrogen (secondary N) is 1. The Morgan fingerprint density at radius 2 is 1.84 bits per heavy atom. The minimum atomic E-state index is 0.522. The maximum atomic E-state index is 6.22. The van der Waals surface area contributed by atoms with Crippen molar-refractivity contribution in [1.29, 1.82) is 0 Å². The highest BCUT2D eigenvalue weighted by molar-refractivity contribution is 6.31. The Hall–Kier alpha value is -1.71. The van der Waals surface area contributed by atoms with Crippen molar-refractivity contribution >= 4 is 17.3 Å². The van der Waals surface area contributed by atoms with Crippen LogP contribution in [0.15, 0.2) is 42.5 Å². The predicted octanol–water partition coefficient (Wildman–Crippen LogP) is 5.12. The molecular weight excluding hydrogens is 332 g/mol. The number of likely N-dealkylation sites (tertiary alicyclic amines) is 1. The van der Waals surface area contributed by atoms with E-state index >= 15 is 0 Å². The molecule has 3 rings (SSSR count). The summed E-state index contributed by atoms with van der Waals surface area (Å²) in [5.41, 5.74) is 3.65. The number of nitrogens with zero attached hydrogens (tertiary/aromatic N) is 1. The van der Waals surface area contributed by atoms with Crippen LogP contribution in [0.3, 0.4) is 0 Å². The molecule has 1 heterocycles. The first-order chi connectivity index (χ1) is 12.2. The van der Waals surface area contributed by atoms with Gasteiger partial charge in [-0.3, -0.25) is 4.90 Å². The normalized spacial score (nSPS) is 16.0. The van der Waals surface area contributed by atoms with E-state index in [9.17, 15) is 0 Å². The zero-order valence-electron chi connectivity index (χ0n) is 15.1. The molecule has 0 aromatic heterocycles. The van der Waals surface area contributed by atoms with Crippen LogP contribution >= 0.6 is 11.6 Å². The Morgan fingerprint density at radius 3 is 2.52 bits per heavy atom. The summed E-state index contributed by atoms with van der Waals surface area (Å²) in [5, 5.41) is 4.50. The number of anilines is 1. The molecular formula is C21H27ClN2O. The molecule has 1 N–H and O–H groups in total. The number of rotatable bonds is 6. The lowest BCUT2D eigenvalue weighted by atomic mass is 10.0. The van der Waals surface area contributed by atoms with E-state index in [2.05, 4.69) is 47.5 Å². The molecule has 134 valence electrons. The lowest BCUT2D eigenvalue weighted by Gasteiger charge is -2.33. The van der Waals surface area contributed by atoms with Crippen molar-refractivity contribution in [3.8, 4) is 5.75 Å². The van der Waals surface area contributed by atoms with Crippen LogP contribution in [0, 0.1) is 6.92 Å². The van der Waals surface area contributed by atoms with Gasteiger partial charge in [-0.25, -0.2) is 0 Å². The van der Waals surface area contributed by atoms with Crippen molar-refractivity contribution < 1.29 is 4.74 Å². The van der Waals surface area contributed by atoms with Gasteiger partial charge in [0.05, 0.1) is 6.61 Å². The first-order valence-electron chi connectivity index (χ1n) is 9.11. The highest BCUT2D eigenvalue weighted by Gasteiger charge is 2.19. The van der Waals surface area contributed by atoms with Crippen molar-refractivity contribution in [3.63, 3.8) is 0 Å². The summed E-state index contributed by atoms with van der Waals surface area (Å²) in [5.74, 6) is 0.950. The van der Waals surface area contributed by atoms with Crippen LogP contribution in [-0.2, 0) is 6.54 Å². The van der Waals surface area contributed by atoms with Gasteiger partial charge >= 0.3 is 0 Å². The Morgan fingerprint density at radius 1 is 1.12 bits per heavy atom. The summed E-state index contributed by atoms with van der Waals surface area (Å²) in [7, 11) is 0. The average Bonchev–Trinajstić information content (AvgIpc) is 2.62. The van der Waals surface area contributed by atoms with Crippen LogP contribution in [-0.4, -0.2) is 30.6 Å². The number of piperidine rings is 1. The van der Waals surface area contributed by atoms with Crippen molar-refractivity contribution in [3.05, 3.63) is 58.6 Å². The van der Waals surface area contributed by atoms with E-state index in [1.807, 2.05) is 19.1 Å². The molecule has 3 nitrogen and oxygen atoms in total. The minimum absolute atomic E-state index is 0.522. The Labute approximate surface area is 155 Å². The average molecular weight is 359 g/mol. The van der Waals surface area contributed by atoms with Gasteiger partial charge in [0.1, 0.15) is 5.75 Å². The van der Waals surface area contributed by atoms with Crippen molar-refractivity contribution in [2.45, 2.75) is 39.3 Å². The third kappa shape index (κ3) is 4.90. The van der Waals surface area contributed by atoms with Crippen LogP contribution in [0.4, 0.5) is 5.69 Å². The highest BCUT2D eigenvalue weighted by Crippen LogP contribution is 2.26. The van der Waals surface area contributed by atoms with E-state index in [0.717, 1.165) is 54.5 Å². The van der Waals surface area contributed by atoms with Crippen molar-refractivity contribution in [1.82, 2.24) is 4.90 Å². The van der Waals surface area contributed by atoms with E-state index in [4.69, 9.17) is 16.3 Å². The summed E-state index contributed by atoms with van der Waals surface area (Å²) in [6.45, 7) is 8.04. The number of halogens is 1.